The van der Waals surface area contributed by atoms with Gasteiger partial charge in [-0.2, -0.15) is 0 Å². The first-order valence-electron chi connectivity index (χ1n) is 6.24. The summed E-state index contributed by atoms with van der Waals surface area (Å²) in [5.74, 6) is 0.680. The summed E-state index contributed by atoms with van der Waals surface area (Å²) in [6.45, 7) is 15.1. The quantitative estimate of drug-likeness (QED) is 0.704. The molecule has 0 spiro atoms. The van der Waals surface area contributed by atoms with Crippen molar-refractivity contribution in [2.24, 2.45) is 5.92 Å². The molecule has 0 aliphatic rings. The second kappa shape index (κ2) is 7.24. The molecule has 2 unspecified atom stereocenters. The maximum Gasteiger partial charge on any atom is 0.0598 e. The van der Waals surface area contributed by atoms with E-state index in [0.29, 0.717) is 12.0 Å². The number of hydrogen-bond acceptors (Lipinski definition) is 2. The van der Waals surface area contributed by atoms with Gasteiger partial charge in [0.15, 0.2) is 0 Å². The smallest absolute Gasteiger partial charge is 0.0598 e. The maximum absolute atomic E-state index is 5.73. The Morgan fingerprint density at radius 3 is 2.27 bits per heavy atom. The van der Waals surface area contributed by atoms with Gasteiger partial charge in [0.2, 0.25) is 0 Å². The van der Waals surface area contributed by atoms with E-state index in [-0.39, 0.29) is 5.60 Å². The van der Waals surface area contributed by atoms with Gasteiger partial charge in [-0.25, -0.2) is 0 Å². The first-order chi connectivity index (χ1) is 6.87. The normalized spacial score (nSPS) is 16.4. The fourth-order valence-electron chi connectivity index (χ4n) is 1.37. The van der Waals surface area contributed by atoms with Gasteiger partial charge in [-0.15, -0.1) is 0 Å². The van der Waals surface area contributed by atoms with Crippen molar-refractivity contribution in [2.45, 2.75) is 66.0 Å². The lowest BCUT2D eigenvalue weighted by atomic mass is 10.00. The van der Waals surface area contributed by atoms with Crippen molar-refractivity contribution in [1.82, 2.24) is 5.32 Å². The summed E-state index contributed by atoms with van der Waals surface area (Å²) in [6.07, 6.45) is 2.34. The standard InChI is InChI=1S/C13H29NO/c1-7-9-14-12(3)11(2)8-10-15-13(4,5)6/h11-12,14H,7-10H2,1-6H3. The number of hydrogen-bond donors (Lipinski definition) is 1. The Labute approximate surface area is 95.8 Å². The second-order valence-corrected chi connectivity index (χ2v) is 5.47. The van der Waals surface area contributed by atoms with Gasteiger partial charge >= 0.3 is 0 Å². The van der Waals surface area contributed by atoms with E-state index in [2.05, 4.69) is 46.9 Å². The van der Waals surface area contributed by atoms with Gasteiger partial charge in [0.25, 0.3) is 0 Å². The van der Waals surface area contributed by atoms with Crippen LogP contribution in [0.25, 0.3) is 0 Å². The van der Waals surface area contributed by atoms with Crippen LogP contribution < -0.4 is 5.32 Å². The fraction of sp³-hybridized carbons (Fsp3) is 1.00. The van der Waals surface area contributed by atoms with E-state index in [1.807, 2.05) is 0 Å². The molecule has 0 fully saturated rings. The summed E-state index contributed by atoms with van der Waals surface area (Å²) in [6, 6.07) is 0.591. The molecule has 0 aliphatic heterocycles. The fourth-order valence-corrected chi connectivity index (χ4v) is 1.37. The summed E-state index contributed by atoms with van der Waals surface area (Å²) in [4.78, 5) is 0. The highest BCUT2D eigenvalue weighted by Crippen LogP contribution is 2.12. The van der Waals surface area contributed by atoms with E-state index in [1.165, 1.54) is 6.42 Å². The van der Waals surface area contributed by atoms with Gasteiger partial charge in [-0.05, 0) is 53.0 Å². The molecule has 2 nitrogen and oxygen atoms in total. The van der Waals surface area contributed by atoms with Crippen LogP contribution in [0.15, 0.2) is 0 Å². The maximum atomic E-state index is 5.73. The summed E-state index contributed by atoms with van der Waals surface area (Å²) in [7, 11) is 0. The summed E-state index contributed by atoms with van der Waals surface area (Å²) in [5.41, 5.74) is -0.000193. The van der Waals surface area contributed by atoms with Crippen molar-refractivity contribution < 1.29 is 4.74 Å². The van der Waals surface area contributed by atoms with Crippen LogP contribution in [0.1, 0.15) is 54.4 Å². The van der Waals surface area contributed by atoms with Crippen LogP contribution >= 0.6 is 0 Å². The molecule has 0 saturated heterocycles. The van der Waals surface area contributed by atoms with Crippen LogP contribution in [0.4, 0.5) is 0 Å². The molecule has 0 rings (SSSR count). The van der Waals surface area contributed by atoms with Crippen LogP contribution in [0.3, 0.4) is 0 Å². The topological polar surface area (TPSA) is 21.3 Å². The molecule has 1 N–H and O–H groups in total. The Balaban J connectivity index is 3.59. The Bertz CT molecular complexity index is 151. The SMILES string of the molecule is CCCNC(C)C(C)CCOC(C)(C)C. The lowest BCUT2D eigenvalue weighted by Gasteiger charge is -2.24. The van der Waals surface area contributed by atoms with Crippen LogP contribution in [-0.4, -0.2) is 24.8 Å². The Morgan fingerprint density at radius 2 is 1.80 bits per heavy atom. The van der Waals surface area contributed by atoms with Gasteiger partial charge < -0.3 is 10.1 Å². The van der Waals surface area contributed by atoms with Crippen molar-refractivity contribution in [3.8, 4) is 0 Å². The molecule has 15 heavy (non-hydrogen) atoms. The van der Waals surface area contributed by atoms with Gasteiger partial charge in [0.05, 0.1) is 5.60 Å². The van der Waals surface area contributed by atoms with Crippen molar-refractivity contribution in [2.75, 3.05) is 13.2 Å². The second-order valence-electron chi connectivity index (χ2n) is 5.47. The van der Waals surface area contributed by atoms with E-state index in [4.69, 9.17) is 4.74 Å². The summed E-state index contributed by atoms with van der Waals surface area (Å²) < 4.78 is 5.73. The highest BCUT2D eigenvalue weighted by Gasteiger charge is 2.14. The molecular weight excluding hydrogens is 186 g/mol. The number of nitrogens with one attached hydrogen (secondary N) is 1. The zero-order chi connectivity index (χ0) is 11.9. The Hall–Kier alpha value is -0.0800. The minimum absolute atomic E-state index is 0.000193. The largest absolute Gasteiger partial charge is 0.376 e. The highest BCUT2D eigenvalue weighted by atomic mass is 16.5. The molecule has 0 bridgehead atoms. The predicted molar refractivity (Wildman–Crippen MR) is 67.2 cm³/mol. The average Bonchev–Trinajstić information content (AvgIpc) is 2.11. The monoisotopic (exact) mass is 215 g/mol. The van der Waals surface area contributed by atoms with Crippen molar-refractivity contribution in [1.29, 1.82) is 0 Å². The average molecular weight is 215 g/mol. The summed E-state index contributed by atoms with van der Waals surface area (Å²) in [5, 5.41) is 3.52. The van der Waals surface area contributed by atoms with E-state index in [0.717, 1.165) is 19.6 Å². The van der Waals surface area contributed by atoms with Crippen LogP contribution in [0, 0.1) is 5.92 Å². The zero-order valence-corrected chi connectivity index (χ0v) is 11.4. The molecule has 92 valence electrons. The third-order valence-electron chi connectivity index (χ3n) is 2.68. The Morgan fingerprint density at radius 1 is 1.20 bits per heavy atom. The Kier molecular flexibility index (Phi) is 7.20. The molecule has 0 aromatic heterocycles. The minimum Gasteiger partial charge on any atom is -0.376 e. The molecule has 2 heteroatoms. The minimum atomic E-state index is -0.000193. The van der Waals surface area contributed by atoms with Crippen LogP contribution in [0.5, 0.6) is 0 Å². The third-order valence-corrected chi connectivity index (χ3v) is 2.68. The predicted octanol–water partition coefficient (Wildman–Crippen LogP) is 3.22. The van der Waals surface area contributed by atoms with Gasteiger partial charge in [0, 0.05) is 12.6 Å². The van der Waals surface area contributed by atoms with Crippen molar-refractivity contribution in [3.63, 3.8) is 0 Å². The molecular formula is C13H29NO. The van der Waals surface area contributed by atoms with Crippen molar-refractivity contribution in [3.05, 3.63) is 0 Å². The van der Waals surface area contributed by atoms with Gasteiger partial charge in [-0.1, -0.05) is 13.8 Å². The van der Waals surface area contributed by atoms with E-state index >= 15 is 0 Å². The van der Waals surface area contributed by atoms with E-state index < -0.39 is 0 Å². The molecule has 2 atom stereocenters. The third kappa shape index (κ3) is 8.88. The number of ether oxygens (including phenoxy) is 1. The molecule has 0 heterocycles. The lowest BCUT2D eigenvalue weighted by Crippen LogP contribution is -2.33. The molecule has 0 aromatic carbocycles. The van der Waals surface area contributed by atoms with Crippen LogP contribution in [-0.2, 0) is 4.74 Å². The molecule has 0 radical (unpaired) electrons. The van der Waals surface area contributed by atoms with Gasteiger partial charge in [0.1, 0.15) is 0 Å². The summed E-state index contributed by atoms with van der Waals surface area (Å²) >= 11 is 0. The van der Waals surface area contributed by atoms with Gasteiger partial charge in [-0.3, -0.25) is 0 Å². The van der Waals surface area contributed by atoms with E-state index in [9.17, 15) is 0 Å². The zero-order valence-electron chi connectivity index (χ0n) is 11.4. The van der Waals surface area contributed by atoms with E-state index in [1.54, 1.807) is 0 Å². The molecule has 0 aliphatic carbocycles. The first kappa shape index (κ1) is 14.9. The first-order valence-corrected chi connectivity index (χ1v) is 6.24. The lowest BCUT2D eigenvalue weighted by molar-refractivity contribution is -0.00984. The number of rotatable bonds is 7. The molecule has 0 aromatic rings. The molecule has 0 amide bonds. The molecule has 0 saturated carbocycles. The highest BCUT2D eigenvalue weighted by molar-refractivity contribution is 4.68. The van der Waals surface area contributed by atoms with Crippen LogP contribution in [0.2, 0.25) is 0 Å². The van der Waals surface area contributed by atoms with Crippen molar-refractivity contribution >= 4 is 0 Å².